The monoisotopic (exact) mass is 262 g/mol. The fourth-order valence-electron chi connectivity index (χ4n) is 2.00. The Morgan fingerprint density at radius 3 is 2.94 bits per heavy atom. The third-order valence-electron chi connectivity index (χ3n) is 2.93. The van der Waals surface area contributed by atoms with E-state index in [9.17, 15) is 4.79 Å². The van der Waals surface area contributed by atoms with E-state index in [4.69, 9.17) is 0 Å². The Labute approximate surface area is 109 Å². The van der Waals surface area contributed by atoms with Gasteiger partial charge in [-0.25, -0.2) is 0 Å². The largest absolute Gasteiger partial charge is 0.340 e. The molecule has 2 aliphatic heterocycles. The number of nitrogens with one attached hydrogen (secondary N) is 2. The molecule has 5 nitrogen and oxygen atoms in total. The van der Waals surface area contributed by atoms with Gasteiger partial charge in [-0.2, -0.15) is 4.99 Å². The van der Waals surface area contributed by atoms with Gasteiger partial charge in [0.1, 0.15) is 5.70 Å². The molecule has 3 rings (SSSR count). The van der Waals surface area contributed by atoms with Gasteiger partial charge in [0, 0.05) is 31.1 Å². The molecule has 0 radical (unpaired) electrons. The van der Waals surface area contributed by atoms with Crippen molar-refractivity contribution in [2.24, 2.45) is 4.99 Å². The van der Waals surface area contributed by atoms with Crippen LogP contribution < -0.4 is 10.6 Å². The molecule has 3 heterocycles. The first-order valence-electron chi connectivity index (χ1n) is 5.94. The molecule has 0 saturated carbocycles. The zero-order valence-corrected chi connectivity index (χ0v) is 10.7. The lowest BCUT2D eigenvalue weighted by Crippen LogP contribution is -2.49. The average Bonchev–Trinajstić information content (AvgIpc) is 3.02. The molecule has 0 spiro atoms. The van der Waals surface area contributed by atoms with Gasteiger partial charge in [0.15, 0.2) is 0 Å². The van der Waals surface area contributed by atoms with Crippen LogP contribution >= 0.6 is 11.3 Å². The van der Waals surface area contributed by atoms with Crippen LogP contribution in [0.15, 0.2) is 28.2 Å². The lowest BCUT2D eigenvalue weighted by atomic mass is 10.3. The van der Waals surface area contributed by atoms with Gasteiger partial charge in [0.25, 0.3) is 5.91 Å². The number of nitrogens with zero attached hydrogens (tertiary/aromatic N) is 2. The molecular weight excluding hydrogens is 248 g/mol. The van der Waals surface area contributed by atoms with Crippen molar-refractivity contribution in [3.8, 4) is 0 Å². The Morgan fingerprint density at radius 2 is 2.22 bits per heavy atom. The van der Waals surface area contributed by atoms with Crippen molar-refractivity contribution >= 4 is 29.3 Å². The molecule has 1 amide bonds. The van der Waals surface area contributed by atoms with Crippen LogP contribution in [0.4, 0.5) is 0 Å². The highest BCUT2D eigenvalue weighted by Crippen LogP contribution is 2.15. The zero-order valence-electron chi connectivity index (χ0n) is 9.85. The number of carbonyl (C=O) groups excluding carboxylic acids is 1. The fraction of sp³-hybridized carbons (Fsp3) is 0.333. The van der Waals surface area contributed by atoms with Crippen molar-refractivity contribution in [1.29, 1.82) is 0 Å². The summed E-state index contributed by atoms with van der Waals surface area (Å²) in [5, 5.41) is 8.38. The Kier molecular flexibility index (Phi) is 3.12. The van der Waals surface area contributed by atoms with Crippen molar-refractivity contribution in [2.75, 3.05) is 26.2 Å². The van der Waals surface area contributed by atoms with Crippen LogP contribution in [-0.4, -0.2) is 42.9 Å². The van der Waals surface area contributed by atoms with Gasteiger partial charge in [0.2, 0.25) is 5.96 Å². The number of piperazine rings is 1. The first kappa shape index (κ1) is 11.4. The van der Waals surface area contributed by atoms with Gasteiger partial charge in [-0.1, -0.05) is 6.07 Å². The number of rotatable bonds is 1. The van der Waals surface area contributed by atoms with E-state index in [0.29, 0.717) is 11.7 Å². The zero-order chi connectivity index (χ0) is 12.4. The molecule has 0 aromatic carbocycles. The average molecular weight is 262 g/mol. The van der Waals surface area contributed by atoms with Gasteiger partial charge >= 0.3 is 0 Å². The molecule has 0 atom stereocenters. The van der Waals surface area contributed by atoms with E-state index >= 15 is 0 Å². The topological polar surface area (TPSA) is 56.7 Å². The normalized spacial score (nSPS) is 22.2. The second-order valence-electron chi connectivity index (χ2n) is 4.18. The Bertz CT molecular complexity index is 500. The second kappa shape index (κ2) is 4.91. The van der Waals surface area contributed by atoms with Crippen molar-refractivity contribution < 1.29 is 4.79 Å². The second-order valence-corrected chi connectivity index (χ2v) is 5.16. The van der Waals surface area contributed by atoms with E-state index in [1.165, 1.54) is 0 Å². The third kappa shape index (κ3) is 2.30. The standard InChI is InChI=1S/C12H14N4OS/c17-11-10(8-9-2-1-7-18-9)14-12(15-11)16-5-3-13-4-6-16/h1-2,7-8,13H,3-6H2,(H,14,15,17)/b10-8-. The molecule has 1 aromatic rings. The summed E-state index contributed by atoms with van der Waals surface area (Å²) >= 11 is 1.61. The number of thiophene rings is 1. The third-order valence-corrected chi connectivity index (χ3v) is 3.75. The van der Waals surface area contributed by atoms with Crippen LogP contribution in [0.2, 0.25) is 0 Å². The maximum absolute atomic E-state index is 11.8. The molecular formula is C12H14N4OS. The first-order chi connectivity index (χ1) is 8.83. The highest BCUT2D eigenvalue weighted by molar-refractivity contribution is 7.10. The number of carbonyl (C=O) groups is 1. The molecule has 94 valence electrons. The Morgan fingerprint density at radius 1 is 1.39 bits per heavy atom. The van der Waals surface area contributed by atoms with Gasteiger partial charge < -0.3 is 15.5 Å². The molecule has 0 unspecified atom stereocenters. The number of aliphatic imine (C=N–C) groups is 1. The van der Waals surface area contributed by atoms with Crippen LogP contribution in [0.1, 0.15) is 4.88 Å². The summed E-state index contributed by atoms with van der Waals surface area (Å²) in [7, 11) is 0. The SMILES string of the molecule is O=C1N=C(N2CCNCC2)N/C1=C\c1cccs1. The van der Waals surface area contributed by atoms with Gasteiger partial charge in [-0.05, 0) is 17.5 Å². The summed E-state index contributed by atoms with van der Waals surface area (Å²) in [6.45, 7) is 3.62. The van der Waals surface area contributed by atoms with Crippen molar-refractivity contribution in [3.05, 3.63) is 28.1 Å². The number of hydrogen-bond donors (Lipinski definition) is 2. The smallest absolute Gasteiger partial charge is 0.296 e. The minimum atomic E-state index is -0.183. The number of guanidine groups is 1. The number of hydrogen-bond acceptors (Lipinski definition) is 5. The van der Waals surface area contributed by atoms with E-state index in [-0.39, 0.29) is 5.91 Å². The van der Waals surface area contributed by atoms with Crippen LogP contribution in [0.5, 0.6) is 0 Å². The quantitative estimate of drug-likeness (QED) is 0.723. The predicted octanol–water partition coefficient (Wildman–Crippen LogP) is 0.480. The summed E-state index contributed by atoms with van der Waals surface area (Å²) in [5.41, 5.74) is 0.561. The van der Waals surface area contributed by atoms with Gasteiger partial charge in [-0.3, -0.25) is 4.79 Å². The van der Waals surface area contributed by atoms with E-state index in [1.807, 2.05) is 23.6 Å². The Balaban J connectivity index is 1.74. The minimum absolute atomic E-state index is 0.183. The molecule has 2 aliphatic rings. The molecule has 0 aliphatic carbocycles. The minimum Gasteiger partial charge on any atom is -0.340 e. The molecule has 18 heavy (non-hydrogen) atoms. The maximum atomic E-state index is 11.8. The van der Waals surface area contributed by atoms with E-state index in [0.717, 1.165) is 31.1 Å². The lowest BCUT2D eigenvalue weighted by molar-refractivity contribution is -0.114. The maximum Gasteiger partial charge on any atom is 0.296 e. The van der Waals surface area contributed by atoms with Crippen LogP contribution in [0.3, 0.4) is 0 Å². The van der Waals surface area contributed by atoms with Crippen LogP contribution in [0.25, 0.3) is 6.08 Å². The summed E-state index contributed by atoms with van der Waals surface area (Å²) in [5.74, 6) is 0.501. The van der Waals surface area contributed by atoms with E-state index in [2.05, 4.69) is 20.5 Å². The molecule has 1 fully saturated rings. The summed E-state index contributed by atoms with van der Waals surface area (Å²) in [6.07, 6.45) is 1.85. The van der Waals surface area contributed by atoms with Gasteiger partial charge in [-0.15, -0.1) is 11.3 Å². The first-order valence-corrected chi connectivity index (χ1v) is 6.82. The van der Waals surface area contributed by atoms with E-state index < -0.39 is 0 Å². The summed E-state index contributed by atoms with van der Waals surface area (Å²) < 4.78 is 0. The van der Waals surface area contributed by atoms with Crippen molar-refractivity contribution in [3.63, 3.8) is 0 Å². The fourth-order valence-corrected chi connectivity index (χ4v) is 2.66. The van der Waals surface area contributed by atoms with Crippen LogP contribution in [0, 0.1) is 0 Å². The molecule has 6 heteroatoms. The molecule has 0 bridgehead atoms. The molecule has 2 N–H and O–H groups in total. The van der Waals surface area contributed by atoms with Gasteiger partial charge in [0.05, 0.1) is 0 Å². The highest BCUT2D eigenvalue weighted by Gasteiger charge is 2.25. The van der Waals surface area contributed by atoms with Crippen molar-refractivity contribution in [1.82, 2.24) is 15.5 Å². The van der Waals surface area contributed by atoms with E-state index in [1.54, 1.807) is 11.3 Å². The van der Waals surface area contributed by atoms with Crippen LogP contribution in [-0.2, 0) is 4.79 Å². The Hall–Kier alpha value is -1.66. The lowest BCUT2D eigenvalue weighted by Gasteiger charge is -2.28. The molecule has 1 saturated heterocycles. The highest BCUT2D eigenvalue weighted by atomic mass is 32.1. The van der Waals surface area contributed by atoms with Crippen molar-refractivity contribution in [2.45, 2.75) is 0 Å². The summed E-state index contributed by atoms with van der Waals surface area (Å²) in [6, 6.07) is 3.95. The predicted molar refractivity (Wildman–Crippen MR) is 72.3 cm³/mol. The summed E-state index contributed by atoms with van der Waals surface area (Å²) in [4.78, 5) is 19.0. The number of amides is 1. The molecule has 1 aromatic heterocycles.